The third-order valence-corrected chi connectivity index (χ3v) is 12.9. The van der Waals surface area contributed by atoms with Crippen molar-refractivity contribution in [2.75, 3.05) is 0 Å². The standard InChI is InChI=1S/C56H30N8/c57-29-30-10-9-19-39(20-30)48-49-40-21-31-11-1-3-13-33(31)23-42(40)51(58-49)60-53-44-25-35-15-5-7-17-37(35)27-46(44)55(62-53)64-56-47-28-38-18-8-6-16-36(38)26-45(47)54(63-56)61-52-43-24-34-14-4-2-12-32(34)22-41(43)50(48)59-52/h1-28H,(H2,58,59,60,61,62,63,64). The Morgan fingerprint density at radius 2 is 0.766 bits per heavy atom. The van der Waals surface area contributed by atoms with Gasteiger partial charge in [0.1, 0.15) is 16.9 Å². The van der Waals surface area contributed by atoms with E-state index in [2.05, 4.69) is 168 Å². The van der Waals surface area contributed by atoms with E-state index in [1.165, 1.54) is 0 Å². The second kappa shape index (κ2) is 13.0. The van der Waals surface area contributed by atoms with Gasteiger partial charge in [-0.3, -0.25) is 0 Å². The van der Waals surface area contributed by atoms with Crippen molar-refractivity contribution in [1.29, 1.82) is 5.26 Å². The molecule has 0 unspecified atom stereocenters. The fourth-order valence-electron chi connectivity index (χ4n) is 9.82. The molecule has 9 aromatic carbocycles. The molecule has 0 spiro atoms. The molecule has 8 bridgehead atoms. The smallest absolute Gasteiger partial charge is 0.164 e. The minimum absolute atomic E-state index is 0.545. The van der Waals surface area contributed by atoms with Crippen molar-refractivity contribution in [1.82, 2.24) is 34.9 Å². The van der Waals surface area contributed by atoms with Crippen LogP contribution in [0.1, 0.15) is 5.56 Å². The summed E-state index contributed by atoms with van der Waals surface area (Å²) >= 11 is 0. The van der Waals surface area contributed by atoms with Crippen LogP contribution in [0.5, 0.6) is 0 Å². The molecule has 0 saturated carbocycles. The summed E-state index contributed by atoms with van der Waals surface area (Å²) in [6, 6.07) is 61.1. The molecular weight excluding hydrogens is 785 g/mol. The van der Waals surface area contributed by atoms with Crippen LogP contribution in [0.4, 0.5) is 0 Å². The maximum absolute atomic E-state index is 10.3. The normalized spacial score (nSPS) is 12.0. The zero-order valence-corrected chi connectivity index (χ0v) is 33.8. The Kier molecular flexibility index (Phi) is 7.02. The van der Waals surface area contributed by atoms with Crippen molar-refractivity contribution in [3.05, 3.63) is 175 Å². The molecule has 294 valence electrons. The lowest BCUT2D eigenvalue weighted by molar-refractivity contribution is 1.21. The van der Waals surface area contributed by atoms with Crippen molar-refractivity contribution >= 4 is 87.1 Å². The molecule has 0 saturated heterocycles. The van der Waals surface area contributed by atoms with Gasteiger partial charge in [0.05, 0.1) is 22.8 Å². The summed E-state index contributed by atoms with van der Waals surface area (Å²) in [5.74, 6) is 1.68. The van der Waals surface area contributed by atoms with E-state index in [0.717, 1.165) is 109 Å². The van der Waals surface area contributed by atoms with Crippen LogP contribution >= 0.6 is 0 Å². The van der Waals surface area contributed by atoms with Gasteiger partial charge in [0.25, 0.3) is 0 Å². The minimum atomic E-state index is 0.545. The predicted octanol–water partition coefficient (Wildman–Crippen LogP) is 13.6. The van der Waals surface area contributed by atoms with Crippen LogP contribution in [-0.4, -0.2) is 34.9 Å². The van der Waals surface area contributed by atoms with Crippen LogP contribution in [-0.2, 0) is 0 Å². The van der Waals surface area contributed by atoms with Gasteiger partial charge in [-0.05, 0) is 109 Å². The number of benzene rings is 9. The molecule has 0 aliphatic carbocycles. The number of nitriles is 1. The first-order chi connectivity index (χ1) is 31.6. The Bertz CT molecular complexity index is 4290. The first kappa shape index (κ1) is 34.6. The van der Waals surface area contributed by atoms with E-state index in [1.54, 1.807) is 0 Å². The summed E-state index contributed by atoms with van der Waals surface area (Å²) in [7, 11) is 0. The highest BCUT2D eigenvalue weighted by molar-refractivity contribution is 6.18. The monoisotopic (exact) mass is 814 g/mol. The SMILES string of the molecule is N#Cc1cccc(-c2c3nc(nc4[nH]c(nc5nc(nc6[nH]c2c2cc7ccccc7cc62)-c2cc6ccccc6cc2-5)c2cc5ccccc5cc42)-c2cc4ccccc4cc2-3)c1. The van der Waals surface area contributed by atoms with Gasteiger partial charge >= 0.3 is 0 Å². The molecule has 3 aromatic heterocycles. The maximum Gasteiger partial charge on any atom is 0.164 e. The van der Waals surface area contributed by atoms with Crippen LogP contribution < -0.4 is 0 Å². The van der Waals surface area contributed by atoms with Crippen molar-refractivity contribution in [3.8, 4) is 62.6 Å². The molecule has 64 heavy (non-hydrogen) atoms. The number of hydrogen-bond acceptors (Lipinski definition) is 6. The van der Waals surface area contributed by atoms with Crippen LogP contribution in [0.3, 0.4) is 0 Å². The minimum Gasteiger partial charge on any atom is -0.339 e. The lowest BCUT2D eigenvalue weighted by Crippen LogP contribution is -1.88. The Balaban J connectivity index is 1.24. The van der Waals surface area contributed by atoms with E-state index >= 15 is 0 Å². The van der Waals surface area contributed by atoms with Crippen molar-refractivity contribution < 1.29 is 0 Å². The molecular formula is C56H30N8. The van der Waals surface area contributed by atoms with E-state index < -0.39 is 0 Å². The second-order valence-electron chi connectivity index (χ2n) is 16.6. The molecule has 2 N–H and O–H groups in total. The van der Waals surface area contributed by atoms with Gasteiger partial charge in [0, 0.05) is 49.4 Å². The van der Waals surface area contributed by atoms with Crippen LogP contribution in [0.25, 0.3) is 144 Å². The molecule has 14 rings (SSSR count). The average Bonchev–Trinajstić information content (AvgIpc) is 4.06. The summed E-state index contributed by atoms with van der Waals surface area (Å²) in [5.41, 5.74) is 9.35. The van der Waals surface area contributed by atoms with Crippen LogP contribution in [0.15, 0.2) is 170 Å². The Morgan fingerprint density at radius 1 is 0.359 bits per heavy atom. The third kappa shape index (κ3) is 5.12. The fraction of sp³-hybridized carbons (Fsp3) is 0. The highest BCUT2D eigenvalue weighted by atomic mass is 15.0. The number of nitrogens with zero attached hydrogens (tertiary/aromatic N) is 6. The van der Waals surface area contributed by atoms with E-state index in [9.17, 15) is 5.26 Å². The van der Waals surface area contributed by atoms with Gasteiger partial charge in [0.15, 0.2) is 17.5 Å². The van der Waals surface area contributed by atoms with Crippen molar-refractivity contribution in [3.63, 3.8) is 0 Å². The number of aromatic amines is 2. The molecule has 8 heteroatoms. The summed E-state index contributed by atoms with van der Waals surface area (Å²) < 4.78 is 0. The first-order valence-electron chi connectivity index (χ1n) is 21.2. The first-order valence-corrected chi connectivity index (χ1v) is 21.2. The summed E-state index contributed by atoms with van der Waals surface area (Å²) in [6.45, 7) is 0. The van der Waals surface area contributed by atoms with Gasteiger partial charge < -0.3 is 9.97 Å². The van der Waals surface area contributed by atoms with E-state index in [4.69, 9.17) is 24.9 Å². The number of aromatic nitrogens is 7. The summed E-state index contributed by atoms with van der Waals surface area (Å²) in [4.78, 5) is 34.6. The topological polar surface area (TPSA) is 120 Å². The lowest BCUT2D eigenvalue weighted by Gasteiger charge is -2.09. The number of hydrogen-bond donors (Lipinski definition) is 2. The quantitative estimate of drug-likeness (QED) is 0.170. The van der Waals surface area contributed by atoms with Crippen molar-refractivity contribution in [2.45, 2.75) is 0 Å². The highest BCUT2D eigenvalue weighted by Gasteiger charge is 2.26. The van der Waals surface area contributed by atoms with Crippen LogP contribution in [0, 0.1) is 11.3 Å². The lowest BCUT2D eigenvalue weighted by atomic mass is 9.94. The van der Waals surface area contributed by atoms with Gasteiger partial charge in [-0.15, -0.1) is 0 Å². The van der Waals surface area contributed by atoms with Gasteiger partial charge in [0.2, 0.25) is 0 Å². The fourth-order valence-corrected chi connectivity index (χ4v) is 9.82. The Hall–Kier alpha value is -9.06. The molecule has 0 atom stereocenters. The van der Waals surface area contributed by atoms with E-state index in [1.807, 2.05) is 18.2 Å². The molecule has 2 aliphatic heterocycles. The predicted molar refractivity (Wildman–Crippen MR) is 258 cm³/mol. The van der Waals surface area contributed by atoms with Gasteiger partial charge in [-0.25, -0.2) is 24.9 Å². The molecule has 12 aromatic rings. The number of nitrogens with one attached hydrogen (secondary N) is 2. The molecule has 0 amide bonds. The molecule has 2 aliphatic rings. The number of rotatable bonds is 1. The molecule has 5 heterocycles. The third-order valence-electron chi connectivity index (χ3n) is 12.9. The van der Waals surface area contributed by atoms with Crippen molar-refractivity contribution in [2.24, 2.45) is 0 Å². The van der Waals surface area contributed by atoms with Gasteiger partial charge in [-0.1, -0.05) is 109 Å². The van der Waals surface area contributed by atoms with E-state index in [0.29, 0.717) is 40.0 Å². The summed E-state index contributed by atoms with van der Waals surface area (Å²) in [5, 5.41) is 22.7. The second-order valence-corrected chi connectivity index (χ2v) is 16.6. The molecule has 8 nitrogen and oxygen atoms in total. The van der Waals surface area contributed by atoms with Gasteiger partial charge in [-0.2, -0.15) is 5.26 Å². The molecule has 0 radical (unpaired) electrons. The zero-order valence-electron chi connectivity index (χ0n) is 33.8. The summed E-state index contributed by atoms with van der Waals surface area (Å²) in [6.07, 6.45) is 0. The zero-order chi connectivity index (χ0) is 42.0. The Morgan fingerprint density at radius 3 is 1.27 bits per heavy atom. The largest absolute Gasteiger partial charge is 0.339 e. The van der Waals surface area contributed by atoms with Crippen LogP contribution in [0.2, 0.25) is 0 Å². The Labute approximate surface area is 363 Å². The highest BCUT2D eigenvalue weighted by Crippen LogP contribution is 2.46. The number of H-pyrrole nitrogens is 2. The number of fused-ring (bicyclic) bond motifs is 24. The average molecular weight is 815 g/mol. The maximum atomic E-state index is 10.3. The molecule has 0 fully saturated rings. The van der Waals surface area contributed by atoms with E-state index in [-0.39, 0.29) is 0 Å².